The first kappa shape index (κ1) is 15.6. The molecule has 1 aliphatic heterocycles. The van der Waals surface area contributed by atoms with Gasteiger partial charge in [-0.1, -0.05) is 0 Å². The normalized spacial score (nSPS) is 14.7. The van der Waals surface area contributed by atoms with Crippen LogP contribution < -0.4 is 5.32 Å². The molecule has 7 heteroatoms. The number of hydrogen-bond donors (Lipinski definition) is 1. The summed E-state index contributed by atoms with van der Waals surface area (Å²) in [6.45, 7) is 2.38. The van der Waals surface area contributed by atoms with Gasteiger partial charge in [0, 0.05) is 30.0 Å². The molecule has 0 radical (unpaired) electrons. The van der Waals surface area contributed by atoms with Crippen LogP contribution in [0.4, 0.5) is 5.82 Å². The summed E-state index contributed by atoms with van der Waals surface area (Å²) in [6, 6.07) is 5.62. The third-order valence-electron chi connectivity index (χ3n) is 4.23. The maximum absolute atomic E-state index is 12.2. The molecule has 0 aromatic carbocycles. The second kappa shape index (κ2) is 6.90. The Morgan fingerprint density at radius 2 is 1.96 bits per heavy atom. The Kier molecular flexibility index (Phi) is 4.30. The lowest BCUT2D eigenvalue weighted by Gasteiger charge is -2.13. The SMILES string of the molecule is O=C(CN1CCCC1)Nc1cc2nc(-c3cnccn3)ccc2cn1. The van der Waals surface area contributed by atoms with Crippen LogP contribution in [0, 0.1) is 0 Å². The maximum atomic E-state index is 12.2. The molecule has 1 fully saturated rings. The van der Waals surface area contributed by atoms with Gasteiger partial charge >= 0.3 is 0 Å². The Hall–Kier alpha value is -2.93. The van der Waals surface area contributed by atoms with Crippen LogP contribution in [-0.4, -0.2) is 50.4 Å². The van der Waals surface area contributed by atoms with Crippen molar-refractivity contribution in [1.82, 2.24) is 24.8 Å². The quantitative estimate of drug-likeness (QED) is 0.787. The first-order chi connectivity index (χ1) is 12.3. The minimum absolute atomic E-state index is 0.0427. The van der Waals surface area contributed by atoms with E-state index in [1.807, 2.05) is 12.1 Å². The zero-order valence-electron chi connectivity index (χ0n) is 13.7. The Balaban J connectivity index is 1.55. The highest BCUT2D eigenvalue weighted by molar-refractivity contribution is 5.93. The molecule has 4 heterocycles. The van der Waals surface area contributed by atoms with Crippen LogP contribution in [0.2, 0.25) is 0 Å². The zero-order chi connectivity index (χ0) is 17.1. The fraction of sp³-hybridized carbons (Fsp3) is 0.278. The van der Waals surface area contributed by atoms with Gasteiger partial charge in [0.05, 0.1) is 24.0 Å². The highest BCUT2D eigenvalue weighted by Gasteiger charge is 2.15. The molecule has 1 saturated heterocycles. The summed E-state index contributed by atoms with van der Waals surface area (Å²) in [4.78, 5) is 31.6. The number of carbonyl (C=O) groups is 1. The van der Waals surface area contributed by atoms with Crippen LogP contribution >= 0.6 is 0 Å². The molecule has 25 heavy (non-hydrogen) atoms. The van der Waals surface area contributed by atoms with Gasteiger partial charge in [0.1, 0.15) is 11.5 Å². The summed E-state index contributed by atoms with van der Waals surface area (Å²) in [6.07, 6.45) is 8.98. The largest absolute Gasteiger partial charge is 0.310 e. The van der Waals surface area contributed by atoms with Crippen molar-refractivity contribution in [2.24, 2.45) is 0 Å². The molecule has 1 N–H and O–H groups in total. The van der Waals surface area contributed by atoms with Crippen molar-refractivity contribution in [3.05, 3.63) is 43.0 Å². The number of carbonyl (C=O) groups excluding carboxylic acids is 1. The van der Waals surface area contributed by atoms with E-state index in [0.717, 1.165) is 42.5 Å². The van der Waals surface area contributed by atoms with Crippen molar-refractivity contribution in [2.75, 3.05) is 25.0 Å². The summed E-state index contributed by atoms with van der Waals surface area (Å²) in [5, 5.41) is 3.77. The van der Waals surface area contributed by atoms with Crippen LogP contribution in [0.15, 0.2) is 43.0 Å². The van der Waals surface area contributed by atoms with Gasteiger partial charge in [-0.05, 0) is 38.1 Å². The highest BCUT2D eigenvalue weighted by atomic mass is 16.2. The smallest absolute Gasteiger partial charge is 0.239 e. The van der Waals surface area contributed by atoms with Crippen molar-refractivity contribution in [2.45, 2.75) is 12.8 Å². The first-order valence-corrected chi connectivity index (χ1v) is 8.33. The summed E-state index contributed by atoms with van der Waals surface area (Å²) in [7, 11) is 0. The summed E-state index contributed by atoms with van der Waals surface area (Å²) >= 11 is 0. The number of rotatable bonds is 4. The second-order valence-corrected chi connectivity index (χ2v) is 6.08. The van der Waals surface area contributed by atoms with E-state index in [2.05, 4.69) is 30.2 Å². The lowest BCUT2D eigenvalue weighted by molar-refractivity contribution is -0.117. The average molecular weight is 334 g/mol. The van der Waals surface area contributed by atoms with E-state index >= 15 is 0 Å². The van der Waals surface area contributed by atoms with Gasteiger partial charge in [-0.3, -0.25) is 19.7 Å². The number of fused-ring (bicyclic) bond motifs is 1. The molecule has 1 amide bonds. The number of nitrogens with zero attached hydrogens (tertiary/aromatic N) is 5. The standard InChI is InChI=1S/C18H18N6O/c25-18(12-24-7-1-2-8-24)23-17-9-15-13(10-21-17)3-4-14(22-15)16-11-19-5-6-20-16/h3-6,9-11H,1-2,7-8,12H2,(H,21,23,25). The van der Waals surface area contributed by atoms with E-state index in [1.165, 1.54) is 0 Å². The van der Waals surface area contributed by atoms with Crippen LogP contribution in [-0.2, 0) is 4.79 Å². The predicted molar refractivity (Wildman–Crippen MR) is 94.9 cm³/mol. The Morgan fingerprint density at radius 1 is 1.08 bits per heavy atom. The Bertz CT molecular complexity index is 892. The Morgan fingerprint density at radius 3 is 2.76 bits per heavy atom. The lowest BCUT2D eigenvalue weighted by atomic mass is 10.2. The van der Waals surface area contributed by atoms with Gasteiger partial charge in [0.15, 0.2) is 0 Å². The molecule has 1 aliphatic rings. The summed E-state index contributed by atoms with van der Waals surface area (Å²) in [5.74, 6) is 0.472. The number of aromatic nitrogens is 4. The number of amides is 1. The second-order valence-electron chi connectivity index (χ2n) is 6.08. The summed E-state index contributed by atoms with van der Waals surface area (Å²) < 4.78 is 0. The van der Waals surface area contributed by atoms with Gasteiger partial charge < -0.3 is 5.32 Å². The minimum Gasteiger partial charge on any atom is -0.310 e. The molecule has 0 saturated carbocycles. The van der Waals surface area contributed by atoms with Crippen molar-refractivity contribution in [3.63, 3.8) is 0 Å². The third kappa shape index (κ3) is 3.61. The third-order valence-corrected chi connectivity index (χ3v) is 4.23. The molecule has 3 aromatic heterocycles. The van der Waals surface area contributed by atoms with Crippen LogP contribution in [0.3, 0.4) is 0 Å². The van der Waals surface area contributed by atoms with Gasteiger partial charge in [0.25, 0.3) is 0 Å². The molecular formula is C18H18N6O. The molecule has 0 aliphatic carbocycles. The van der Waals surface area contributed by atoms with E-state index in [1.54, 1.807) is 30.9 Å². The van der Waals surface area contributed by atoms with E-state index in [4.69, 9.17) is 0 Å². The lowest BCUT2D eigenvalue weighted by Crippen LogP contribution is -2.31. The molecular weight excluding hydrogens is 316 g/mol. The van der Waals surface area contributed by atoms with E-state index in [9.17, 15) is 4.79 Å². The van der Waals surface area contributed by atoms with Crippen LogP contribution in [0.1, 0.15) is 12.8 Å². The van der Waals surface area contributed by atoms with Crippen molar-refractivity contribution < 1.29 is 4.79 Å². The van der Waals surface area contributed by atoms with E-state index in [-0.39, 0.29) is 5.91 Å². The van der Waals surface area contributed by atoms with Crippen molar-refractivity contribution >= 4 is 22.6 Å². The molecule has 7 nitrogen and oxygen atoms in total. The number of nitrogens with one attached hydrogen (secondary N) is 1. The number of pyridine rings is 2. The fourth-order valence-electron chi connectivity index (χ4n) is 2.98. The highest BCUT2D eigenvalue weighted by Crippen LogP contribution is 2.20. The monoisotopic (exact) mass is 334 g/mol. The maximum Gasteiger partial charge on any atom is 0.239 e. The first-order valence-electron chi connectivity index (χ1n) is 8.33. The Labute approximate surface area is 145 Å². The average Bonchev–Trinajstić information content (AvgIpc) is 3.14. The van der Waals surface area contributed by atoms with Gasteiger partial charge in [-0.2, -0.15) is 0 Å². The topological polar surface area (TPSA) is 83.9 Å². The number of likely N-dealkylation sites (tertiary alicyclic amines) is 1. The molecule has 4 rings (SSSR count). The molecule has 0 atom stereocenters. The molecule has 0 unspecified atom stereocenters. The van der Waals surface area contributed by atoms with Crippen LogP contribution in [0.25, 0.3) is 22.3 Å². The van der Waals surface area contributed by atoms with Gasteiger partial charge in [0.2, 0.25) is 5.91 Å². The fourth-order valence-corrected chi connectivity index (χ4v) is 2.98. The minimum atomic E-state index is -0.0427. The number of hydrogen-bond acceptors (Lipinski definition) is 6. The predicted octanol–water partition coefficient (Wildman–Crippen LogP) is 2.12. The molecule has 0 bridgehead atoms. The molecule has 0 spiro atoms. The van der Waals surface area contributed by atoms with E-state index < -0.39 is 0 Å². The summed E-state index contributed by atoms with van der Waals surface area (Å²) in [5.41, 5.74) is 2.21. The van der Waals surface area contributed by atoms with Gasteiger partial charge in [-0.15, -0.1) is 0 Å². The van der Waals surface area contributed by atoms with Gasteiger partial charge in [-0.25, -0.2) is 9.97 Å². The number of anilines is 1. The zero-order valence-corrected chi connectivity index (χ0v) is 13.7. The van der Waals surface area contributed by atoms with Crippen molar-refractivity contribution in [3.8, 4) is 11.4 Å². The van der Waals surface area contributed by atoms with E-state index in [0.29, 0.717) is 18.1 Å². The molecule has 126 valence electrons. The van der Waals surface area contributed by atoms with Crippen molar-refractivity contribution in [1.29, 1.82) is 0 Å². The molecule has 3 aromatic rings. The van der Waals surface area contributed by atoms with Crippen LogP contribution in [0.5, 0.6) is 0 Å².